The molecule has 1 heterocycles. The molecule has 0 saturated carbocycles. The van der Waals surface area contributed by atoms with E-state index in [1.54, 1.807) is 11.3 Å². The van der Waals surface area contributed by atoms with Crippen LogP contribution in [0.25, 0.3) is 0 Å². The molecule has 1 aromatic heterocycles. The van der Waals surface area contributed by atoms with Crippen LogP contribution in [0.1, 0.15) is 45.0 Å². The van der Waals surface area contributed by atoms with E-state index < -0.39 is 0 Å². The van der Waals surface area contributed by atoms with Crippen LogP contribution in [0.15, 0.2) is 6.20 Å². The number of nitrogens with zero attached hydrogens (tertiary/aromatic N) is 2. The van der Waals surface area contributed by atoms with Crippen molar-refractivity contribution >= 4 is 16.5 Å². The van der Waals surface area contributed by atoms with Gasteiger partial charge in [0.25, 0.3) is 0 Å². The summed E-state index contributed by atoms with van der Waals surface area (Å²) in [5.74, 6) is 0. The van der Waals surface area contributed by atoms with Gasteiger partial charge >= 0.3 is 0 Å². The first-order valence-corrected chi connectivity index (χ1v) is 6.98. The second-order valence-electron chi connectivity index (χ2n) is 3.89. The fourth-order valence-corrected chi connectivity index (χ4v) is 2.65. The Bertz CT molecular complexity index is 294. The van der Waals surface area contributed by atoms with Gasteiger partial charge in [-0.25, -0.2) is 4.98 Å². The first-order valence-electron chi connectivity index (χ1n) is 6.16. The van der Waals surface area contributed by atoms with Crippen molar-refractivity contribution in [3.05, 3.63) is 11.1 Å². The molecule has 0 aliphatic carbocycles. The number of rotatable bonds is 7. The van der Waals surface area contributed by atoms with Crippen molar-refractivity contribution in [2.45, 2.75) is 40.2 Å². The predicted molar refractivity (Wildman–Crippen MR) is 72.4 cm³/mol. The molecule has 0 bridgehead atoms. The first-order chi connectivity index (χ1) is 7.72. The lowest BCUT2D eigenvalue weighted by molar-refractivity contribution is 0.577. The summed E-state index contributed by atoms with van der Waals surface area (Å²) in [5, 5.41) is 4.63. The van der Waals surface area contributed by atoms with Crippen LogP contribution in [-0.2, 0) is 0 Å². The Kier molecular flexibility index (Phi) is 5.77. The molecule has 0 saturated heterocycles. The zero-order valence-corrected chi connectivity index (χ0v) is 11.6. The molecular weight excluding hydrogens is 218 g/mol. The zero-order valence-electron chi connectivity index (χ0n) is 10.8. The molecule has 0 aliphatic rings. The van der Waals surface area contributed by atoms with E-state index in [1.807, 2.05) is 6.20 Å². The van der Waals surface area contributed by atoms with Crippen LogP contribution in [0.4, 0.5) is 5.13 Å². The Hall–Kier alpha value is -0.610. The van der Waals surface area contributed by atoms with Gasteiger partial charge in [0, 0.05) is 30.2 Å². The number of aromatic nitrogens is 1. The van der Waals surface area contributed by atoms with Crippen LogP contribution in [0.3, 0.4) is 0 Å². The standard InChI is InChI=1S/C12H23N3S/c1-5-8-13-10(4)11-9-14-12(16-11)15(6-2)7-3/h9-10,13H,5-8H2,1-4H3. The second-order valence-corrected chi connectivity index (χ2v) is 4.93. The Morgan fingerprint density at radius 3 is 2.62 bits per heavy atom. The summed E-state index contributed by atoms with van der Waals surface area (Å²) in [5.41, 5.74) is 0. The van der Waals surface area contributed by atoms with Gasteiger partial charge in [-0.3, -0.25) is 0 Å². The molecule has 0 spiro atoms. The van der Waals surface area contributed by atoms with Crippen molar-refractivity contribution in [3.63, 3.8) is 0 Å². The Morgan fingerprint density at radius 1 is 1.38 bits per heavy atom. The summed E-state index contributed by atoms with van der Waals surface area (Å²) in [4.78, 5) is 8.11. The zero-order chi connectivity index (χ0) is 12.0. The molecule has 0 aliphatic heterocycles. The lowest BCUT2D eigenvalue weighted by Gasteiger charge is -2.16. The van der Waals surface area contributed by atoms with Crippen molar-refractivity contribution in [1.82, 2.24) is 10.3 Å². The molecule has 0 amide bonds. The van der Waals surface area contributed by atoms with E-state index in [1.165, 1.54) is 11.3 Å². The summed E-state index contributed by atoms with van der Waals surface area (Å²) in [6.07, 6.45) is 3.18. The number of anilines is 1. The van der Waals surface area contributed by atoms with Crippen molar-refractivity contribution < 1.29 is 0 Å². The molecule has 0 aromatic carbocycles. The van der Waals surface area contributed by atoms with E-state index >= 15 is 0 Å². The van der Waals surface area contributed by atoms with Crippen molar-refractivity contribution in [2.75, 3.05) is 24.5 Å². The largest absolute Gasteiger partial charge is 0.349 e. The predicted octanol–water partition coefficient (Wildman–Crippen LogP) is 3.05. The van der Waals surface area contributed by atoms with Crippen LogP contribution in [0.5, 0.6) is 0 Å². The van der Waals surface area contributed by atoms with Gasteiger partial charge in [0.1, 0.15) is 0 Å². The highest BCUT2D eigenvalue weighted by Crippen LogP contribution is 2.26. The summed E-state index contributed by atoms with van der Waals surface area (Å²) in [6.45, 7) is 11.9. The maximum atomic E-state index is 4.49. The van der Waals surface area contributed by atoms with Crippen LogP contribution < -0.4 is 10.2 Å². The summed E-state index contributed by atoms with van der Waals surface area (Å²) < 4.78 is 0. The lowest BCUT2D eigenvalue weighted by Crippen LogP contribution is -2.21. The van der Waals surface area contributed by atoms with Crippen LogP contribution in [-0.4, -0.2) is 24.6 Å². The topological polar surface area (TPSA) is 28.2 Å². The molecular formula is C12H23N3S. The third kappa shape index (κ3) is 3.46. The highest BCUT2D eigenvalue weighted by molar-refractivity contribution is 7.15. The highest BCUT2D eigenvalue weighted by Gasteiger charge is 2.11. The number of thiazole rings is 1. The molecule has 4 heteroatoms. The fraction of sp³-hybridized carbons (Fsp3) is 0.750. The van der Waals surface area contributed by atoms with E-state index in [0.717, 1.165) is 24.8 Å². The van der Waals surface area contributed by atoms with E-state index in [-0.39, 0.29) is 0 Å². The van der Waals surface area contributed by atoms with E-state index in [0.29, 0.717) is 6.04 Å². The Labute approximate surface area is 103 Å². The minimum absolute atomic E-state index is 0.418. The molecule has 1 rings (SSSR count). The van der Waals surface area contributed by atoms with Crippen molar-refractivity contribution in [2.24, 2.45) is 0 Å². The minimum atomic E-state index is 0.418. The molecule has 0 fully saturated rings. The van der Waals surface area contributed by atoms with E-state index in [4.69, 9.17) is 0 Å². The molecule has 1 N–H and O–H groups in total. The van der Waals surface area contributed by atoms with Gasteiger partial charge in [-0.15, -0.1) is 11.3 Å². The molecule has 1 atom stereocenters. The summed E-state index contributed by atoms with van der Waals surface area (Å²) in [7, 11) is 0. The van der Waals surface area contributed by atoms with Crippen LogP contribution >= 0.6 is 11.3 Å². The minimum Gasteiger partial charge on any atom is -0.349 e. The van der Waals surface area contributed by atoms with Gasteiger partial charge < -0.3 is 10.2 Å². The number of hydrogen-bond donors (Lipinski definition) is 1. The molecule has 92 valence electrons. The molecule has 1 aromatic rings. The van der Waals surface area contributed by atoms with Crippen LogP contribution in [0, 0.1) is 0 Å². The third-order valence-electron chi connectivity index (χ3n) is 2.67. The average Bonchev–Trinajstić information content (AvgIpc) is 2.77. The Morgan fingerprint density at radius 2 is 2.06 bits per heavy atom. The van der Waals surface area contributed by atoms with Crippen molar-refractivity contribution in [1.29, 1.82) is 0 Å². The van der Waals surface area contributed by atoms with E-state index in [2.05, 4.69) is 42.9 Å². The van der Waals surface area contributed by atoms with Crippen LogP contribution in [0.2, 0.25) is 0 Å². The maximum Gasteiger partial charge on any atom is 0.185 e. The SMILES string of the molecule is CCCNC(C)c1cnc(N(CC)CC)s1. The highest BCUT2D eigenvalue weighted by atomic mass is 32.1. The van der Waals surface area contributed by atoms with Gasteiger partial charge in [-0.2, -0.15) is 0 Å². The van der Waals surface area contributed by atoms with Gasteiger partial charge in [0.15, 0.2) is 5.13 Å². The molecule has 1 unspecified atom stereocenters. The molecule has 3 nitrogen and oxygen atoms in total. The number of hydrogen-bond acceptors (Lipinski definition) is 4. The smallest absolute Gasteiger partial charge is 0.185 e. The second kappa shape index (κ2) is 6.86. The Balaban J connectivity index is 2.62. The fourth-order valence-electron chi connectivity index (χ4n) is 1.58. The van der Waals surface area contributed by atoms with E-state index in [9.17, 15) is 0 Å². The normalized spacial score (nSPS) is 12.8. The van der Waals surface area contributed by atoms with Gasteiger partial charge in [0.05, 0.1) is 0 Å². The van der Waals surface area contributed by atoms with Gasteiger partial charge in [-0.1, -0.05) is 6.92 Å². The average molecular weight is 241 g/mol. The summed E-state index contributed by atoms with van der Waals surface area (Å²) >= 11 is 1.80. The molecule has 0 radical (unpaired) electrons. The van der Waals surface area contributed by atoms with Gasteiger partial charge in [0.2, 0.25) is 0 Å². The lowest BCUT2D eigenvalue weighted by atomic mass is 10.3. The third-order valence-corrected chi connectivity index (χ3v) is 3.91. The monoisotopic (exact) mass is 241 g/mol. The first kappa shape index (κ1) is 13.5. The maximum absolute atomic E-state index is 4.49. The van der Waals surface area contributed by atoms with Gasteiger partial charge in [-0.05, 0) is 33.7 Å². The van der Waals surface area contributed by atoms with Crippen molar-refractivity contribution in [3.8, 4) is 0 Å². The molecule has 16 heavy (non-hydrogen) atoms. The quantitative estimate of drug-likeness (QED) is 0.795. The number of nitrogens with one attached hydrogen (secondary N) is 1. The summed E-state index contributed by atoms with van der Waals surface area (Å²) in [6, 6.07) is 0.418.